The summed E-state index contributed by atoms with van der Waals surface area (Å²) in [4.78, 5) is 15.0. The van der Waals surface area contributed by atoms with Crippen molar-refractivity contribution in [1.82, 2.24) is 20.1 Å². The molecule has 30 heavy (non-hydrogen) atoms. The van der Waals surface area contributed by atoms with E-state index in [1.807, 2.05) is 26.1 Å². The van der Waals surface area contributed by atoms with E-state index in [-0.39, 0.29) is 24.0 Å². The van der Waals surface area contributed by atoms with E-state index in [1.54, 1.807) is 25.6 Å². The lowest BCUT2D eigenvalue weighted by molar-refractivity contribution is 0.171. The molecular formula is C21H32IN5O2S. The Balaban J connectivity index is 0.00000320. The molecule has 0 aliphatic carbocycles. The minimum atomic E-state index is 0. The highest BCUT2D eigenvalue weighted by Crippen LogP contribution is 2.25. The highest BCUT2D eigenvalue weighted by molar-refractivity contribution is 14.0. The van der Waals surface area contributed by atoms with Gasteiger partial charge in [0.1, 0.15) is 11.5 Å². The minimum absolute atomic E-state index is 0. The summed E-state index contributed by atoms with van der Waals surface area (Å²) in [5.74, 6) is 2.72. The first-order valence-electron chi connectivity index (χ1n) is 9.85. The van der Waals surface area contributed by atoms with Gasteiger partial charge in [-0.3, -0.25) is 9.89 Å². The Morgan fingerprint density at radius 2 is 1.90 bits per heavy atom. The number of aryl methyl sites for hydroxylation is 2. The van der Waals surface area contributed by atoms with Crippen LogP contribution in [0.3, 0.4) is 0 Å². The summed E-state index contributed by atoms with van der Waals surface area (Å²) in [6, 6.07) is 5.96. The quantitative estimate of drug-likeness (QED) is 0.342. The third-order valence-electron chi connectivity index (χ3n) is 5.17. The van der Waals surface area contributed by atoms with Crippen LogP contribution in [0, 0.1) is 13.8 Å². The van der Waals surface area contributed by atoms with Crippen molar-refractivity contribution < 1.29 is 9.47 Å². The molecule has 1 aromatic heterocycles. The fourth-order valence-electron chi connectivity index (χ4n) is 3.59. The van der Waals surface area contributed by atoms with Crippen LogP contribution in [0.15, 0.2) is 23.2 Å². The van der Waals surface area contributed by atoms with Crippen molar-refractivity contribution in [3.8, 4) is 11.5 Å². The molecule has 166 valence electrons. The standard InChI is InChI=1S/C21H31N5O2S.HI/c1-15-20(29-16(2)24-15)13-23-21(22-3)26-10-8-25(9-11-26)14-17-12-18(27-4)6-7-19(17)28-5;/h6-7,12H,8-11,13-14H2,1-5H3,(H,22,23);1H. The van der Waals surface area contributed by atoms with Gasteiger partial charge in [0.05, 0.1) is 31.5 Å². The molecule has 0 amide bonds. The highest BCUT2D eigenvalue weighted by Gasteiger charge is 2.21. The summed E-state index contributed by atoms with van der Waals surface area (Å²) in [5.41, 5.74) is 2.26. The van der Waals surface area contributed by atoms with Crippen molar-refractivity contribution in [3.63, 3.8) is 0 Å². The molecule has 1 aliphatic rings. The van der Waals surface area contributed by atoms with E-state index in [2.05, 4.69) is 38.1 Å². The first-order chi connectivity index (χ1) is 14.0. The van der Waals surface area contributed by atoms with E-state index < -0.39 is 0 Å². The molecule has 0 unspecified atom stereocenters. The minimum Gasteiger partial charge on any atom is -0.497 e. The highest BCUT2D eigenvalue weighted by atomic mass is 127. The fourth-order valence-corrected chi connectivity index (χ4v) is 4.47. The summed E-state index contributed by atoms with van der Waals surface area (Å²) in [5, 5.41) is 4.61. The lowest BCUT2D eigenvalue weighted by Gasteiger charge is -2.36. The number of rotatable bonds is 6. The first-order valence-corrected chi connectivity index (χ1v) is 10.7. The van der Waals surface area contributed by atoms with Gasteiger partial charge in [0.2, 0.25) is 0 Å². The van der Waals surface area contributed by atoms with Crippen LogP contribution in [0.2, 0.25) is 0 Å². The van der Waals surface area contributed by atoms with E-state index in [4.69, 9.17) is 9.47 Å². The van der Waals surface area contributed by atoms with Crippen LogP contribution in [0.5, 0.6) is 11.5 Å². The van der Waals surface area contributed by atoms with E-state index >= 15 is 0 Å². The van der Waals surface area contributed by atoms with Crippen molar-refractivity contribution in [2.75, 3.05) is 47.4 Å². The summed E-state index contributed by atoms with van der Waals surface area (Å²) in [7, 11) is 5.25. The zero-order chi connectivity index (χ0) is 20.8. The number of guanidine groups is 1. The topological polar surface area (TPSA) is 62.2 Å². The van der Waals surface area contributed by atoms with Crippen molar-refractivity contribution >= 4 is 41.3 Å². The van der Waals surface area contributed by atoms with E-state index in [0.717, 1.165) is 73.0 Å². The van der Waals surface area contributed by atoms with E-state index in [0.29, 0.717) is 0 Å². The number of thiazole rings is 1. The van der Waals surface area contributed by atoms with Crippen LogP contribution in [0.4, 0.5) is 0 Å². The number of ether oxygens (including phenoxy) is 2. The number of aliphatic imine (C=N–C) groups is 1. The summed E-state index contributed by atoms with van der Waals surface area (Å²) >= 11 is 1.74. The molecule has 3 rings (SSSR count). The second-order valence-electron chi connectivity index (χ2n) is 7.08. The van der Waals surface area contributed by atoms with Crippen LogP contribution in [0.1, 0.15) is 21.1 Å². The maximum Gasteiger partial charge on any atom is 0.194 e. The number of piperazine rings is 1. The maximum absolute atomic E-state index is 5.52. The van der Waals surface area contributed by atoms with Crippen LogP contribution in [-0.4, -0.2) is 68.2 Å². The summed E-state index contributed by atoms with van der Waals surface area (Å²) in [6.45, 7) is 9.55. The monoisotopic (exact) mass is 545 g/mol. The molecule has 1 aliphatic heterocycles. The molecule has 2 heterocycles. The Bertz CT molecular complexity index is 850. The molecule has 9 heteroatoms. The van der Waals surface area contributed by atoms with Gasteiger partial charge in [-0.25, -0.2) is 4.98 Å². The van der Waals surface area contributed by atoms with Gasteiger partial charge in [0.25, 0.3) is 0 Å². The molecule has 7 nitrogen and oxygen atoms in total. The molecule has 0 atom stereocenters. The third kappa shape index (κ3) is 6.21. The van der Waals surface area contributed by atoms with Crippen molar-refractivity contribution in [2.24, 2.45) is 4.99 Å². The average molecular weight is 545 g/mol. The zero-order valence-corrected chi connectivity index (χ0v) is 21.5. The van der Waals surface area contributed by atoms with Crippen molar-refractivity contribution in [2.45, 2.75) is 26.9 Å². The smallest absolute Gasteiger partial charge is 0.194 e. The number of methoxy groups -OCH3 is 2. The lowest BCUT2D eigenvalue weighted by Crippen LogP contribution is -2.52. The molecule has 0 bridgehead atoms. The number of benzene rings is 1. The summed E-state index contributed by atoms with van der Waals surface area (Å²) in [6.07, 6.45) is 0. The number of hydrogen-bond donors (Lipinski definition) is 1. The predicted octanol–water partition coefficient (Wildman–Crippen LogP) is 3.29. The molecular weight excluding hydrogens is 513 g/mol. The third-order valence-corrected chi connectivity index (χ3v) is 6.24. The number of aromatic nitrogens is 1. The van der Waals surface area contributed by atoms with Gasteiger partial charge in [-0.15, -0.1) is 35.3 Å². The van der Waals surface area contributed by atoms with Gasteiger partial charge >= 0.3 is 0 Å². The molecule has 2 aromatic rings. The fraction of sp³-hybridized carbons (Fsp3) is 0.524. The van der Waals surface area contributed by atoms with Gasteiger partial charge in [0, 0.05) is 50.2 Å². The largest absolute Gasteiger partial charge is 0.497 e. The Morgan fingerprint density at radius 1 is 1.17 bits per heavy atom. The average Bonchev–Trinajstić information content (AvgIpc) is 3.06. The van der Waals surface area contributed by atoms with E-state index in [9.17, 15) is 0 Å². The van der Waals surface area contributed by atoms with Crippen LogP contribution in [0.25, 0.3) is 0 Å². The summed E-state index contributed by atoms with van der Waals surface area (Å²) < 4.78 is 10.9. The van der Waals surface area contributed by atoms with Crippen molar-refractivity contribution in [3.05, 3.63) is 39.3 Å². The second kappa shape index (κ2) is 11.7. The molecule has 1 aromatic carbocycles. The van der Waals surface area contributed by atoms with Crippen molar-refractivity contribution in [1.29, 1.82) is 0 Å². The molecule has 0 spiro atoms. The molecule has 1 N–H and O–H groups in total. The Kier molecular flexibility index (Phi) is 9.63. The number of nitrogens with zero attached hydrogens (tertiary/aromatic N) is 4. The van der Waals surface area contributed by atoms with Crippen LogP contribution in [-0.2, 0) is 13.1 Å². The second-order valence-corrected chi connectivity index (χ2v) is 8.37. The molecule has 0 saturated carbocycles. The number of hydrogen-bond acceptors (Lipinski definition) is 6. The predicted molar refractivity (Wildman–Crippen MR) is 134 cm³/mol. The number of halogens is 1. The molecule has 0 radical (unpaired) electrons. The SMILES string of the molecule is CN=C(NCc1sc(C)nc1C)N1CCN(Cc2cc(OC)ccc2OC)CC1.I. The first kappa shape index (κ1) is 24.7. The lowest BCUT2D eigenvalue weighted by atomic mass is 10.1. The van der Waals surface area contributed by atoms with Crippen LogP contribution >= 0.6 is 35.3 Å². The van der Waals surface area contributed by atoms with Gasteiger partial charge < -0.3 is 19.7 Å². The number of nitrogens with one attached hydrogen (secondary N) is 1. The molecule has 1 fully saturated rings. The maximum atomic E-state index is 5.52. The van der Waals surface area contributed by atoms with Gasteiger partial charge in [-0.2, -0.15) is 0 Å². The Labute approximate surface area is 200 Å². The van der Waals surface area contributed by atoms with Crippen LogP contribution < -0.4 is 14.8 Å². The Hall–Kier alpha value is -1.59. The van der Waals surface area contributed by atoms with Gasteiger partial charge in [-0.05, 0) is 32.0 Å². The Morgan fingerprint density at radius 3 is 2.47 bits per heavy atom. The van der Waals surface area contributed by atoms with Gasteiger partial charge in [-0.1, -0.05) is 0 Å². The van der Waals surface area contributed by atoms with Gasteiger partial charge in [0.15, 0.2) is 5.96 Å². The van der Waals surface area contributed by atoms with E-state index in [1.165, 1.54) is 4.88 Å². The zero-order valence-electron chi connectivity index (χ0n) is 18.4. The molecule has 1 saturated heterocycles. The normalized spacial score (nSPS) is 15.0.